The van der Waals surface area contributed by atoms with Gasteiger partial charge in [0.25, 0.3) is 0 Å². The third-order valence-corrected chi connectivity index (χ3v) is 2.15. The zero-order valence-corrected chi connectivity index (χ0v) is 8.71. The number of carbonyl (C=O) groups is 1. The molecule has 2 unspecified atom stereocenters. The van der Waals surface area contributed by atoms with Crippen molar-refractivity contribution in [2.75, 3.05) is 7.11 Å². The quantitative estimate of drug-likeness (QED) is 0.775. The Morgan fingerprint density at radius 1 is 1.33 bits per heavy atom. The first-order valence-electron chi connectivity index (χ1n) is 4.62. The van der Waals surface area contributed by atoms with Gasteiger partial charge in [-0.15, -0.1) is 0 Å². The van der Waals surface area contributed by atoms with Crippen LogP contribution in [0.15, 0.2) is 30.3 Å². The van der Waals surface area contributed by atoms with Gasteiger partial charge in [0.15, 0.2) is 6.10 Å². The summed E-state index contributed by atoms with van der Waals surface area (Å²) in [6.07, 6.45) is -2.20. The van der Waals surface area contributed by atoms with Crippen molar-refractivity contribution in [3.05, 3.63) is 35.9 Å². The second-order valence-corrected chi connectivity index (χ2v) is 3.16. The number of carboxylic acid groups (broad SMARTS) is 1. The van der Waals surface area contributed by atoms with E-state index in [9.17, 15) is 4.79 Å². The fraction of sp³-hybridized carbons (Fsp3) is 0.364. The number of methoxy groups -OCH3 is 1. The van der Waals surface area contributed by atoms with Gasteiger partial charge in [-0.25, -0.2) is 4.79 Å². The summed E-state index contributed by atoms with van der Waals surface area (Å²) >= 11 is 0. The highest BCUT2D eigenvalue weighted by Crippen LogP contribution is 2.22. The molecule has 0 bridgehead atoms. The molecule has 1 N–H and O–H groups in total. The first-order chi connectivity index (χ1) is 7.15. The third kappa shape index (κ3) is 3.25. The van der Waals surface area contributed by atoms with E-state index >= 15 is 0 Å². The topological polar surface area (TPSA) is 55.8 Å². The van der Waals surface area contributed by atoms with E-state index in [0.29, 0.717) is 0 Å². The van der Waals surface area contributed by atoms with Gasteiger partial charge in [0.2, 0.25) is 0 Å². The maximum absolute atomic E-state index is 10.5. The monoisotopic (exact) mass is 210 g/mol. The molecular weight excluding hydrogens is 196 g/mol. The SMILES string of the molecule is COC(C)C(OC(=O)O)c1ccccc1. The van der Waals surface area contributed by atoms with E-state index in [4.69, 9.17) is 14.6 Å². The Morgan fingerprint density at radius 2 is 1.93 bits per heavy atom. The Hall–Kier alpha value is -1.55. The lowest BCUT2D eigenvalue weighted by Gasteiger charge is -2.21. The van der Waals surface area contributed by atoms with Crippen molar-refractivity contribution < 1.29 is 19.4 Å². The number of hydrogen-bond acceptors (Lipinski definition) is 3. The zero-order valence-electron chi connectivity index (χ0n) is 8.71. The molecule has 2 atom stereocenters. The molecule has 0 aromatic heterocycles. The van der Waals surface area contributed by atoms with Gasteiger partial charge in [-0.05, 0) is 12.5 Å². The number of rotatable bonds is 4. The maximum atomic E-state index is 10.5. The smallest absolute Gasteiger partial charge is 0.450 e. The zero-order chi connectivity index (χ0) is 11.3. The highest BCUT2D eigenvalue weighted by atomic mass is 16.7. The predicted molar refractivity (Wildman–Crippen MR) is 54.8 cm³/mol. The average molecular weight is 210 g/mol. The lowest BCUT2D eigenvalue weighted by molar-refractivity contribution is -0.0315. The molecule has 82 valence electrons. The van der Waals surface area contributed by atoms with Crippen molar-refractivity contribution in [2.45, 2.75) is 19.1 Å². The van der Waals surface area contributed by atoms with Gasteiger partial charge < -0.3 is 14.6 Å². The predicted octanol–water partition coefficient (Wildman–Crippen LogP) is 2.46. The molecule has 0 amide bonds. The molecule has 0 heterocycles. The highest BCUT2D eigenvalue weighted by Gasteiger charge is 2.22. The van der Waals surface area contributed by atoms with E-state index < -0.39 is 12.3 Å². The third-order valence-electron chi connectivity index (χ3n) is 2.15. The minimum Gasteiger partial charge on any atom is -0.450 e. The Morgan fingerprint density at radius 3 is 2.40 bits per heavy atom. The largest absolute Gasteiger partial charge is 0.506 e. The minimum absolute atomic E-state index is 0.316. The van der Waals surface area contributed by atoms with Gasteiger partial charge in [0, 0.05) is 7.11 Å². The molecule has 0 saturated carbocycles. The first kappa shape index (κ1) is 11.5. The second kappa shape index (κ2) is 5.36. The molecule has 0 radical (unpaired) electrons. The summed E-state index contributed by atoms with van der Waals surface area (Å²) < 4.78 is 9.86. The van der Waals surface area contributed by atoms with Crippen molar-refractivity contribution in [1.29, 1.82) is 0 Å². The van der Waals surface area contributed by atoms with Crippen LogP contribution in [0.5, 0.6) is 0 Å². The van der Waals surface area contributed by atoms with E-state index in [1.807, 2.05) is 30.3 Å². The first-order valence-corrected chi connectivity index (χ1v) is 4.62. The van der Waals surface area contributed by atoms with Gasteiger partial charge in [-0.1, -0.05) is 30.3 Å². The van der Waals surface area contributed by atoms with Crippen LogP contribution in [0.1, 0.15) is 18.6 Å². The van der Waals surface area contributed by atoms with Crippen LogP contribution in [0.25, 0.3) is 0 Å². The van der Waals surface area contributed by atoms with Crippen LogP contribution in [0.4, 0.5) is 4.79 Å². The van der Waals surface area contributed by atoms with Crippen molar-refractivity contribution >= 4 is 6.16 Å². The van der Waals surface area contributed by atoms with Crippen LogP contribution in [-0.4, -0.2) is 24.5 Å². The van der Waals surface area contributed by atoms with Crippen LogP contribution >= 0.6 is 0 Å². The summed E-state index contributed by atoms with van der Waals surface area (Å²) in [4.78, 5) is 10.5. The fourth-order valence-corrected chi connectivity index (χ4v) is 1.31. The Labute approximate surface area is 88.4 Å². The molecule has 1 aromatic carbocycles. The van der Waals surface area contributed by atoms with Gasteiger partial charge in [-0.3, -0.25) is 0 Å². The standard InChI is InChI=1S/C11H14O4/c1-8(14-2)10(15-11(12)13)9-6-4-3-5-7-9/h3-8,10H,1-2H3,(H,12,13). The van der Waals surface area contributed by atoms with Crippen LogP contribution < -0.4 is 0 Å². The summed E-state index contributed by atoms with van der Waals surface area (Å²) in [7, 11) is 1.52. The minimum atomic E-state index is -1.30. The average Bonchev–Trinajstić information content (AvgIpc) is 2.26. The molecular formula is C11H14O4. The van der Waals surface area contributed by atoms with Crippen LogP contribution in [0, 0.1) is 0 Å². The summed E-state index contributed by atoms with van der Waals surface area (Å²) in [5.74, 6) is 0. The molecule has 0 saturated heterocycles. The van der Waals surface area contributed by atoms with Gasteiger partial charge in [-0.2, -0.15) is 0 Å². The van der Waals surface area contributed by atoms with Gasteiger partial charge in [0.1, 0.15) is 0 Å². The molecule has 4 nitrogen and oxygen atoms in total. The van der Waals surface area contributed by atoms with E-state index in [-0.39, 0.29) is 6.10 Å². The van der Waals surface area contributed by atoms with Crippen LogP contribution in [-0.2, 0) is 9.47 Å². The number of benzene rings is 1. The lowest BCUT2D eigenvalue weighted by Crippen LogP contribution is -2.22. The molecule has 0 fully saturated rings. The van der Waals surface area contributed by atoms with Crippen LogP contribution in [0.3, 0.4) is 0 Å². The molecule has 0 spiro atoms. The molecule has 0 aliphatic heterocycles. The van der Waals surface area contributed by atoms with Gasteiger partial charge >= 0.3 is 6.16 Å². The Bertz CT molecular complexity index is 310. The van der Waals surface area contributed by atoms with E-state index in [2.05, 4.69) is 0 Å². The normalized spacial score (nSPS) is 14.3. The molecule has 15 heavy (non-hydrogen) atoms. The number of ether oxygens (including phenoxy) is 2. The summed E-state index contributed by atoms with van der Waals surface area (Å²) in [6.45, 7) is 1.76. The lowest BCUT2D eigenvalue weighted by atomic mass is 10.1. The van der Waals surface area contributed by atoms with Crippen molar-refractivity contribution in [3.63, 3.8) is 0 Å². The van der Waals surface area contributed by atoms with Crippen LogP contribution in [0.2, 0.25) is 0 Å². The van der Waals surface area contributed by atoms with Gasteiger partial charge in [0.05, 0.1) is 6.10 Å². The van der Waals surface area contributed by atoms with E-state index in [0.717, 1.165) is 5.56 Å². The summed E-state index contributed by atoms with van der Waals surface area (Å²) in [5.41, 5.74) is 0.786. The van der Waals surface area contributed by atoms with Crippen molar-refractivity contribution in [1.82, 2.24) is 0 Å². The second-order valence-electron chi connectivity index (χ2n) is 3.16. The Kier molecular flexibility index (Phi) is 4.12. The molecule has 1 rings (SSSR count). The highest BCUT2D eigenvalue weighted by molar-refractivity contribution is 5.57. The molecule has 1 aromatic rings. The molecule has 4 heteroatoms. The summed E-state index contributed by atoms with van der Waals surface area (Å²) in [6, 6.07) is 9.14. The Balaban J connectivity index is 2.86. The maximum Gasteiger partial charge on any atom is 0.506 e. The fourth-order valence-electron chi connectivity index (χ4n) is 1.31. The summed E-state index contributed by atoms with van der Waals surface area (Å²) in [5, 5.41) is 8.61. The molecule has 0 aliphatic rings. The molecule has 0 aliphatic carbocycles. The number of hydrogen-bond donors (Lipinski definition) is 1. The van der Waals surface area contributed by atoms with E-state index in [1.54, 1.807) is 6.92 Å². The van der Waals surface area contributed by atoms with E-state index in [1.165, 1.54) is 7.11 Å². The van der Waals surface area contributed by atoms with Crippen molar-refractivity contribution in [3.8, 4) is 0 Å². The van der Waals surface area contributed by atoms with Crippen molar-refractivity contribution in [2.24, 2.45) is 0 Å².